The van der Waals surface area contributed by atoms with Crippen LogP contribution < -0.4 is 10.6 Å². The number of carboxylic acids is 1. The summed E-state index contributed by atoms with van der Waals surface area (Å²) in [5, 5.41) is 23.3. The Bertz CT molecular complexity index is 277. The van der Waals surface area contributed by atoms with Crippen LogP contribution in [0, 0.1) is 5.92 Å². The quantitative estimate of drug-likeness (QED) is 0.550. The summed E-state index contributed by atoms with van der Waals surface area (Å²) in [6, 6.07) is -0.392. The molecule has 17 heavy (non-hydrogen) atoms. The van der Waals surface area contributed by atoms with Crippen LogP contribution in [-0.2, 0) is 4.79 Å². The highest BCUT2D eigenvalue weighted by molar-refractivity contribution is 5.74. The zero-order valence-electron chi connectivity index (χ0n) is 10.8. The zero-order valence-corrected chi connectivity index (χ0v) is 10.8. The lowest BCUT2D eigenvalue weighted by atomic mass is 10.0. The topological polar surface area (TPSA) is 98.7 Å². The van der Waals surface area contributed by atoms with E-state index < -0.39 is 24.0 Å². The maximum Gasteiger partial charge on any atom is 0.315 e. The minimum Gasteiger partial charge on any atom is -0.481 e. The van der Waals surface area contributed by atoms with Crippen molar-refractivity contribution in [1.29, 1.82) is 0 Å². The molecule has 0 aliphatic rings. The van der Waals surface area contributed by atoms with E-state index in [-0.39, 0.29) is 12.6 Å². The Balaban J connectivity index is 4.03. The Morgan fingerprint density at radius 2 is 1.82 bits per heavy atom. The van der Waals surface area contributed by atoms with Gasteiger partial charge in [-0.2, -0.15) is 0 Å². The average molecular weight is 246 g/mol. The molecule has 6 nitrogen and oxygen atoms in total. The maximum atomic E-state index is 11.4. The first-order valence-electron chi connectivity index (χ1n) is 5.62. The number of rotatable bonds is 6. The van der Waals surface area contributed by atoms with Gasteiger partial charge < -0.3 is 20.8 Å². The number of carboxylic acid groups (broad SMARTS) is 1. The molecule has 0 aromatic heterocycles. The van der Waals surface area contributed by atoms with Crippen LogP contribution in [0.15, 0.2) is 0 Å². The molecule has 0 aromatic rings. The van der Waals surface area contributed by atoms with Gasteiger partial charge in [0, 0.05) is 12.6 Å². The average Bonchev–Trinajstić information content (AvgIpc) is 2.12. The summed E-state index contributed by atoms with van der Waals surface area (Å²) < 4.78 is 0. The van der Waals surface area contributed by atoms with Gasteiger partial charge in [-0.3, -0.25) is 4.79 Å². The van der Waals surface area contributed by atoms with Crippen molar-refractivity contribution in [3.8, 4) is 0 Å². The molecular weight excluding hydrogens is 224 g/mol. The van der Waals surface area contributed by atoms with Crippen LogP contribution in [0.5, 0.6) is 0 Å². The van der Waals surface area contributed by atoms with Crippen LogP contribution in [0.4, 0.5) is 4.79 Å². The molecule has 2 atom stereocenters. The van der Waals surface area contributed by atoms with Gasteiger partial charge in [-0.05, 0) is 19.8 Å². The summed E-state index contributed by atoms with van der Waals surface area (Å²) in [7, 11) is 0. The molecule has 0 heterocycles. The van der Waals surface area contributed by atoms with Gasteiger partial charge in [0.05, 0.1) is 12.0 Å². The lowest BCUT2D eigenvalue weighted by molar-refractivity contribution is -0.141. The normalized spacial score (nSPS) is 16.1. The Morgan fingerprint density at radius 3 is 2.24 bits per heavy atom. The van der Waals surface area contributed by atoms with Crippen molar-refractivity contribution >= 4 is 12.0 Å². The van der Waals surface area contributed by atoms with Crippen molar-refractivity contribution in [2.45, 2.75) is 45.8 Å². The smallest absolute Gasteiger partial charge is 0.315 e. The second kappa shape index (κ2) is 6.44. The van der Waals surface area contributed by atoms with Crippen LogP contribution in [0.25, 0.3) is 0 Å². The van der Waals surface area contributed by atoms with Crippen LogP contribution in [0.3, 0.4) is 0 Å². The van der Waals surface area contributed by atoms with Crippen molar-refractivity contribution in [2.75, 3.05) is 6.54 Å². The summed E-state index contributed by atoms with van der Waals surface area (Å²) in [6.45, 7) is 7.10. The first-order chi connectivity index (χ1) is 7.64. The van der Waals surface area contributed by atoms with E-state index in [1.54, 1.807) is 0 Å². The summed E-state index contributed by atoms with van der Waals surface area (Å²) in [5.41, 5.74) is -1.44. The van der Waals surface area contributed by atoms with E-state index in [9.17, 15) is 14.7 Å². The Morgan fingerprint density at radius 1 is 1.29 bits per heavy atom. The molecule has 0 aromatic carbocycles. The van der Waals surface area contributed by atoms with Gasteiger partial charge in [-0.1, -0.05) is 13.8 Å². The second-order valence-corrected chi connectivity index (χ2v) is 4.93. The number of carbonyl (C=O) groups is 2. The number of aliphatic carboxylic acids is 1. The zero-order chi connectivity index (χ0) is 13.6. The SMILES string of the molecule is CC(C)C(C)NC(=O)NCC(C)(O)CC(=O)O. The molecule has 4 N–H and O–H groups in total. The van der Waals surface area contributed by atoms with Crippen molar-refractivity contribution in [3.05, 3.63) is 0 Å². The molecule has 0 spiro atoms. The molecule has 2 unspecified atom stereocenters. The summed E-state index contributed by atoms with van der Waals surface area (Å²) in [6.07, 6.45) is -0.410. The number of hydrogen-bond acceptors (Lipinski definition) is 3. The number of aliphatic hydroxyl groups is 1. The fourth-order valence-electron chi connectivity index (χ4n) is 1.08. The van der Waals surface area contributed by atoms with Gasteiger partial charge in [0.15, 0.2) is 0 Å². The van der Waals surface area contributed by atoms with Crippen LogP contribution >= 0.6 is 0 Å². The molecule has 0 bridgehead atoms. The third kappa shape index (κ3) is 7.57. The van der Waals surface area contributed by atoms with Crippen LogP contribution in [-0.4, -0.2) is 40.4 Å². The first kappa shape index (κ1) is 15.7. The highest BCUT2D eigenvalue weighted by Crippen LogP contribution is 2.07. The monoisotopic (exact) mass is 246 g/mol. The lowest BCUT2D eigenvalue weighted by Crippen LogP contribution is -2.48. The van der Waals surface area contributed by atoms with Crippen molar-refractivity contribution < 1.29 is 19.8 Å². The molecule has 6 heteroatoms. The summed E-state index contributed by atoms with van der Waals surface area (Å²) >= 11 is 0. The van der Waals surface area contributed by atoms with E-state index >= 15 is 0 Å². The molecule has 0 radical (unpaired) electrons. The number of carbonyl (C=O) groups excluding carboxylic acids is 1. The van der Waals surface area contributed by atoms with Gasteiger partial charge in [0.1, 0.15) is 0 Å². The number of hydrogen-bond donors (Lipinski definition) is 4. The van der Waals surface area contributed by atoms with Crippen LogP contribution in [0.1, 0.15) is 34.1 Å². The third-order valence-electron chi connectivity index (χ3n) is 2.52. The molecule has 0 rings (SSSR count). The second-order valence-electron chi connectivity index (χ2n) is 4.93. The highest BCUT2D eigenvalue weighted by Gasteiger charge is 2.25. The molecule has 0 saturated heterocycles. The van der Waals surface area contributed by atoms with Gasteiger partial charge in [-0.15, -0.1) is 0 Å². The molecule has 100 valence electrons. The summed E-state index contributed by atoms with van der Waals surface area (Å²) in [5.74, 6) is -0.798. The van der Waals surface area contributed by atoms with Crippen molar-refractivity contribution in [2.24, 2.45) is 5.92 Å². The summed E-state index contributed by atoms with van der Waals surface area (Å²) in [4.78, 5) is 21.8. The van der Waals surface area contributed by atoms with Gasteiger partial charge >= 0.3 is 12.0 Å². The Hall–Kier alpha value is -1.30. The minimum absolute atomic E-state index is 0.0134. The van der Waals surface area contributed by atoms with Crippen molar-refractivity contribution in [1.82, 2.24) is 10.6 Å². The number of nitrogens with one attached hydrogen (secondary N) is 2. The van der Waals surface area contributed by atoms with Crippen molar-refractivity contribution in [3.63, 3.8) is 0 Å². The number of amides is 2. The molecule has 0 aliphatic carbocycles. The largest absolute Gasteiger partial charge is 0.481 e. The van der Waals surface area contributed by atoms with E-state index in [1.807, 2.05) is 20.8 Å². The van der Waals surface area contributed by atoms with E-state index in [4.69, 9.17) is 5.11 Å². The van der Waals surface area contributed by atoms with E-state index in [0.717, 1.165) is 0 Å². The third-order valence-corrected chi connectivity index (χ3v) is 2.52. The van der Waals surface area contributed by atoms with E-state index in [1.165, 1.54) is 6.92 Å². The maximum absolute atomic E-state index is 11.4. The molecular formula is C11H22N2O4. The van der Waals surface area contributed by atoms with Gasteiger partial charge in [-0.25, -0.2) is 4.79 Å². The number of urea groups is 1. The van der Waals surface area contributed by atoms with E-state index in [0.29, 0.717) is 5.92 Å². The highest BCUT2D eigenvalue weighted by atomic mass is 16.4. The minimum atomic E-state index is -1.44. The Kier molecular flexibility index (Phi) is 5.95. The standard InChI is InChI=1S/C11H22N2O4/c1-7(2)8(3)13-10(16)12-6-11(4,17)5-9(14)15/h7-8,17H,5-6H2,1-4H3,(H,14,15)(H2,12,13,16). The fourth-order valence-corrected chi connectivity index (χ4v) is 1.08. The lowest BCUT2D eigenvalue weighted by Gasteiger charge is -2.23. The first-order valence-corrected chi connectivity index (χ1v) is 5.62. The predicted molar refractivity (Wildman–Crippen MR) is 63.7 cm³/mol. The van der Waals surface area contributed by atoms with Gasteiger partial charge in [0.2, 0.25) is 0 Å². The molecule has 2 amide bonds. The fraction of sp³-hybridized carbons (Fsp3) is 0.818. The van der Waals surface area contributed by atoms with Gasteiger partial charge in [0.25, 0.3) is 0 Å². The predicted octanol–water partition coefficient (Wildman–Crippen LogP) is 0.556. The molecule has 0 saturated carbocycles. The molecule has 0 fully saturated rings. The Labute approximate surface area is 101 Å². The van der Waals surface area contributed by atoms with E-state index in [2.05, 4.69) is 10.6 Å². The molecule has 0 aliphatic heterocycles. The van der Waals surface area contributed by atoms with Crippen LogP contribution in [0.2, 0.25) is 0 Å².